The first-order valence-corrected chi connectivity index (χ1v) is 12.2. The summed E-state index contributed by atoms with van der Waals surface area (Å²) in [5.41, 5.74) is 2.06. The molecular weight excluding hydrogens is 478 g/mol. The number of aryl methyl sites for hydroxylation is 1. The third-order valence-electron chi connectivity index (χ3n) is 5.36. The number of fused-ring (bicyclic) bond motifs is 1. The standard InChI is InChI=1S/C24H22BrNO4S/c1-24(16-17-6-3-2-4-7-17)13-12-18-14-19(10-11-22(18)30-24)23(27)26-31(28,29)21-9-5-8-20(25)15-21/h2-11,14-15H,12-13,16H2,1H3,(H,26,27)/t24-/m0/s1. The first-order chi connectivity index (χ1) is 14.7. The van der Waals surface area contributed by atoms with Crippen molar-refractivity contribution < 1.29 is 17.9 Å². The van der Waals surface area contributed by atoms with Crippen molar-refractivity contribution in [3.8, 4) is 5.75 Å². The van der Waals surface area contributed by atoms with Crippen molar-refractivity contribution in [3.63, 3.8) is 0 Å². The Bertz CT molecular complexity index is 1230. The Morgan fingerprint density at radius 2 is 1.84 bits per heavy atom. The van der Waals surface area contributed by atoms with E-state index in [0.717, 1.165) is 30.6 Å². The molecule has 160 valence electrons. The predicted octanol–water partition coefficient (Wildman–Crippen LogP) is 4.89. The topological polar surface area (TPSA) is 72.5 Å². The normalized spacial score (nSPS) is 18.0. The molecule has 0 aromatic heterocycles. The van der Waals surface area contributed by atoms with E-state index >= 15 is 0 Å². The van der Waals surface area contributed by atoms with Crippen LogP contribution in [0.2, 0.25) is 0 Å². The van der Waals surface area contributed by atoms with Crippen molar-refractivity contribution >= 4 is 31.9 Å². The van der Waals surface area contributed by atoms with Gasteiger partial charge in [0.2, 0.25) is 0 Å². The van der Waals surface area contributed by atoms with Gasteiger partial charge in [-0.2, -0.15) is 0 Å². The van der Waals surface area contributed by atoms with Gasteiger partial charge < -0.3 is 4.74 Å². The van der Waals surface area contributed by atoms with Crippen molar-refractivity contribution in [1.29, 1.82) is 0 Å². The van der Waals surface area contributed by atoms with Crippen LogP contribution in [0, 0.1) is 0 Å². The summed E-state index contributed by atoms with van der Waals surface area (Å²) in [5.74, 6) is 0.0662. The summed E-state index contributed by atoms with van der Waals surface area (Å²) >= 11 is 3.25. The fourth-order valence-electron chi connectivity index (χ4n) is 3.76. The summed E-state index contributed by atoms with van der Waals surface area (Å²) in [6, 6.07) is 21.5. The van der Waals surface area contributed by atoms with Crippen LogP contribution in [0.15, 0.2) is 82.2 Å². The fraction of sp³-hybridized carbons (Fsp3) is 0.208. The van der Waals surface area contributed by atoms with E-state index < -0.39 is 15.9 Å². The van der Waals surface area contributed by atoms with E-state index in [4.69, 9.17) is 4.74 Å². The number of rotatable bonds is 5. The molecule has 1 heterocycles. The molecule has 3 aromatic rings. The van der Waals surface area contributed by atoms with Gasteiger partial charge in [0.05, 0.1) is 4.90 Å². The average molecular weight is 500 g/mol. The number of amides is 1. The Hall–Kier alpha value is -2.64. The quantitative estimate of drug-likeness (QED) is 0.542. The molecule has 1 aliphatic rings. The van der Waals surface area contributed by atoms with Crippen molar-refractivity contribution in [3.05, 3.63) is 94.0 Å². The molecule has 31 heavy (non-hydrogen) atoms. The highest BCUT2D eigenvalue weighted by Crippen LogP contribution is 2.35. The van der Waals surface area contributed by atoms with E-state index in [1.54, 1.807) is 30.3 Å². The molecule has 3 aromatic carbocycles. The van der Waals surface area contributed by atoms with Crippen LogP contribution in [0.5, 0.6) is 5.75 Å². The number of sulfonamides is 1. The summed E-state index contributed by atoms with van der Waals surface area (Å²) in [5, 5.41) is 0. The largest absolute Gasteiger partial charge is 0.487 e. The van der Waals surface area contributed by atoms with Gasteiger partial charge in [-0.1, -0.05) is 52.3 Å². The SMILES string of the molecule is C[C@@]1(Cc2ccccc2)CCc2cc(C(=O)NS(=O)(=O)c3cccc(Br)c3)ccc2O1. The van der Waals surface area contributed by atoms with Crippen LogP contribution in [-0.4, -0.2) is 19.9 Å². The van der Waals surface area contributed by atoms with Gasteiger partial charge in [-0.3, -0.25) is 4.79 Å². The molecule has 0 unspecified atom stereocenters. The maximum atomic E-state index is 12.6. The molecule has 7 heteroatoms. The van der Waals surface area contributed by atoms with E-state index in [0.29, 0.717) is 4.47 Å². The zero-order valence-electron chi connectivity index (χ0n) is 17.0. The maximum Gasteiger partial charge on any atom is 0.265 e. The molecule has 0 saturated heterocycles. The highest BCUT2D eigenvalue weighted by atomic mass is 79.9. The summed E-state index contributed by atoms with van der Waals surface area (Å²) in [4.78, 5) is 12.7. The maximum absolute atomic E-state index is 12.6. The summed E-state index contributed by atoms with van der Waals surface area (Å²) in [7, 11) is -3.97. The van der Waals surface area contributed by atoms with Gasteiger partial charge in [-0.25, -0.2) is 13.1 Å². The molecular formula is C24H22BrNO4S. The number of benzene rings is 3. The van der Waals surface area contributed by atoms with Crippen molar-refractivity contribution in [2.45, 2.75) is 36.7 Å². The van der Waals surface area contributed by atoms with E-state index in [9.17, 15) is 13.2 Å². The lowest BCUT2D eigenvalue weighted by molar-refractivity contribution is 0.0654. The Morgan fingerprint density at radius 1 is 1.06 bits per heavy atom. The van der Waals surface area contributed by atoms with E-state index in [1.807, 2.05) is 18.2 Å². The molecule has 1 amide bonds. The van der Waals surface area contributed by atoms with Gasteiger partial charge in [-0.15, -0.1) is 0 Å². The van der Waals surface area contributed by atoms with Gasteiger partial charge >= 0.3 is 0 Å². The lowest BCUT2D eigenvalue weighted by Gasteiger charge is -2.36. The minimum atomic E-state index is -3.97. The van der Waals surface area contributed by atoms with Gasteiger partial charge in [0, 0.05) is 16.5 Å². The Balaban J connectivity index is 1.50. The summed E-state index contributed by atoms with van der Waals surface area (Å²) in [6.45, 7) is 2.09. The smallest absolute Gasteiger partial charge is 0.265 e. The van der Waals surface area contributed by atoms with Crippen LogP contribution in [0.25, 0.3) is 0 Å². The van der Waals surface area contributed by atoms with Gasteiger partial charge in [0.15, 0.2) is 0 Å². The van der Waals surface area contributed by atoms with Crippen LogP contribution in [0.3, 0.4) is 0 Å². The number of hydrogen-bond donors (Lipinski definition) is 1. The second-order valence-electron chi connectivity index (χ2n) is 7.93. The van der Waals surface area contributed by atoms with E-state index in [-0.39, 0.29) is 16.1 Å². The molecule has 4 rings (SSSR count). The average Bonchev–Trinajstić information content (AvgIpc) is 2.73. The second kappa shape index (κ2) is 8.48. The molecule has 0 spiro atoms. The zero-order chi connectivity index (χ0) is 22.1. The van der Waals surface area contributed by atoms with Crippen LogP contribution >= 0.6 is 15.9 Å². The molecule has 0 aliphatic carbocycles. The monoisotopic (exact) mass is 499 g/mol. The number of hydrogen-bond acceptors (Lipinski definition) is 4. The first-order valence-electron chi connectivity index (χ1n) is 9.93. The molecule has 1 N–H and O–H groups in total. The van der Waals surface area contributed by atoms with Crippen molar-refractivity contribution in [2.24, 2.45) is 0 Å². The molecule has 1 aliphatic heterocycles. The zero-order valence-corrected chi connectivity index (χ0v) is 19.4. The highest BCUT2D eigenvalue weighted by molar-refractivity contribution is 9.10. The third-order valence-corrected chi connectivity index (χ3v) is 7.18. The number of ether oxygens (including phenoxy) is 1. The van der Waals surface area contributed by atoms with Crippen molar-refractivity contribution in [1.82, 2.24) is 4.72 Å². The highest BCUT2D eigenvalue weighted by Gasteiger charge is 2.32. The minimum Gasteiger partial charge on any atom is -0.487 e. The Labute approximate surface area is 190 Å². The minimum absolute atomic E-state index is 0.0215. The van der Waals surface area contributed by atoms with Gasteiger partial charge in [0.1, 0.15) is 11.4 Å². The van der Waals surface area contributed by atoms with Crippen LogP contribution in [-0.2, 0) is 22.9 Å². The first kappa shape index (κ1) is 21.6. The summed E-state index contributed by atoms with van der Waals surface area (Å²) < 4.78 is 34.1. The molecule has 0 fully saturated rings. The predicted molar refractivity (Wildman–Crippen MR) is 123 cm³/mol. The number of nitrogens with one attached hydrogen (secondary N) is 1. The molecule has 0 bridgehead atoms. The van der Waals surface area contributed by atoms with E-state index in [1.165, 1.54) is 17.7 Å². The fourth-order valence-corrected chi connectivity index (χ4v) is 5.33. The molecule has 0 radical (unpaired) electrons. The number of halogens is 1. The molecule has 1 atom stereocenters. The third kappa shape index (κ3) is 4.99. The number of carbonyl (C=O) groups is 1. The number of carbonyl (C=O) groups excluding carboxylic acids is 1. The van der Waals surface area contributed by atoms with Crippen molar-refractivity contribution in [2.75, 3.05) is 0 Å². The molecule has 5 nitrogen and oxygen atoms in total. The van der Waals surface area contributed by atoms with Crippen LogP contribution in [0.4, 0.5) is 0 Å². The lowest BCUT2D eigenvalue weighted by atomic mass is 9.87. The van der Waals surface area contributed by atoms with Crippen LogP contribution in [0.1, 0.15) is 34.8 Å². The summed E-state index contributed by atoms with van der Waals surface area (Å²) in [6.07, 6.45) is 2.34. The van der Waals surface area contributed by atoms with Crippen LogP contribution < -0.4 is 9.46 Å². The Morgan fingerprint density at radius 3 is 2.58 bits per heavy atom. The Kier molecular flexibility index (Phi) is 5.90. The van der Waals surface area contributed by atoms with E-state index in [2.05, 4.69) is 39.7 Å². The van der Waals surface area contributed by atoms with Gasteiger partial charge in [0.25, 0.3) is 15.9 Å². The lowest BCUT2D eigenvalue weighted by Crippen LogP contribution is -2.38. The molecule has 0 saturated carbocycles. The van der Waals surface area contributed by atoms with Gasteiger partial charge in [-0.05, 0) is 67.3 Å². The second-order valence-corrected chi connectivity index (χ2v) is 10.5.